The molecule has 0 radical (unpaired) electrons. The molecule has 0 saturated heterocycles. The maximum absolute atomic E-state index is 13.3. The van der Waals surface area contributed by atoms with E-state index < -0.39 is 11.6 Å². The predicted octanol–water partition coefficient (Wildman–Crippen LogP) is 1.97. The first-order valence-electron chi connectivity index (χ1n) is 4.66. The molecule has 0 aliphatic carbocycles. The molecule has 0 aliphatic rings. The molecule has 0 aliphatic heterocycles. The number of thiazole rings is 1. The number of halogens is 1. The van der Waals surface area contributed by atoms with E-state index >= 15 is 0 Å². The lowest BCUT2D eigenvalue weighted by atomic mass is 10.1. The Morgan fingerprint density at radius 2 is 2.19 bits per heavy atom. The van der Waals surface area contributed by atoms with Crippen molar-refractivity contribution in [3.8, 4) is 0 Å². The summed E-state index contributed by atoms with van der Waals surface area (Å²) in [6, 6.07) is 5.85. The van der Waals surface area contributed by atoms with Gasteiger partial charge in [0.1, 0.15) is 16.5 Å². The van der Waals surface area contributed by atoms with Crippen LogP contribution in [0.25, 0.3) is 0 Å². The van der Waals surface area contributed by atoms with Gasteiger partial charge in [-0.25, -0.2) is 9.37 Å². The van der Waals surface area contributed by atoms with Gasteiger partial charge >= 0.3 is 0 Å². The third-order valence-corrected chi connectivity index (χ3v) is 2.95. The molecule has 0 bridgehead atoms. The normalized spacial score (nSPS) is 10.4. The molecule has 82 valence electrons. The van der Waals surface area contributed by atoms with Crippen LogP contribution in [0.3, 0.4) is 0 Å². The predicted molar refractivity (Wildman–Crippen MR) is 59.8 cm³/mol. The van der Waals surface area contributed by atoms with E-state index in [1.165, 1.54) is 23.5 Å². The van der Waals surface area contributed by atoms with Crippen LogP contribution in [0.1, 0.15) is 21.1 Å². The van der Waals surface area contributed by atoms with Gasteiger partial charge in [0.05, 0.1) is 5.56 Å². The van der Waals surface area contributed by atoms with Crippen molar-refractivity contribution < 1.29 is 9.18 Å². The van der Waals surface area contributed by atoms with Crippen LogP contribution in [-0.4, -0.2) is 10.8 Å². The molecular formula is C11H9FN2OS. The molecule has 0 fully saturated rings. The van der Waals surface area contributed by atoms with Gasteiger partial charge in [-0.1, -0.05) is 12.1 Å². The van der Waals surface area contributed by atoms with E-state index in [2.05, 4.69) is 4.98 Å². The summed E-state index contributed by atoms with van der Waals surface area (Å²) in [7, 11) is 0. The lowest BCUT2D eigenvalue weighted by Gasteiger charge is -1.98. The van der Waals surface area contributed by atoms with Gasteiger partial charge in [0.25, 0.3) is 0 Å². The summed E-state index contributed by atoms with van der Waals surface area (Å²) < 4.78 is 13.3. The van der Waals surface area contributed by atoms with Crippen molar-refractivity contribution in [3.05, 3.63) is 51.7 Å². The van der Waals surface area contributed by atoms with E-state index in [0.717, 1.165) is 0 Å². The molecular weight excluding hydrogens is 227 g/mol. The van der Waals surface area contributed by atoms with Gasteiger partial charge in [0, 0.05) is 11.9 Å². The molecule has 5 heteroatoms. The highest BCUT2D eigenvalue weighted by atomic mass is 32.1. The average molecular weight is 236 g/mol. The summed E-state index contributed by atoms with van der Waals surface area (Å²) in [6.07, 6.45) is 0. The highest BCUT2D eigenvalue weighted by Crippen LogP contribution is 2.15. The van der Waals surface area contributed by atoms with Crippen molar-refractivity contribution in [3.63, 3.8) is 0 Å². The largest absolute Gasteiger partial charge is 0.325 e. The van der Waals surface area contributed by atoms with E-state index in [4.69, 9.17) is 5.73 Å². The van der Waals surface area contributed by atoms with Crippen molar-refractivity contribution in [2.45, 2.75) is 6.54 Å². The molecule has 0 atom stereocenters. The van der Waals surface area contributed by atoms with Crippen molar-refractivity contribution >= 4 is 17.1 Å². The fourth-order valence-corrected chi connectivity index (χ4v) is 1.95. The first-order valence-corrected chi connectivity index (χ1v) is 5.54. The van der Waals surface area contributed by atoms with E-state index in [0.29, 0.717) is 5.01 Å². The first-order chi connectivity index (χ1) is 7.72. The van der Waals surface area contributed by atoms with Gasteiger partial charge in [0.15, 0.2) is 0 Å². The lowest BCUT2D eigenvalue weighted by molar-refractivity contribution is 0.103. The summed E-state index contributed by atoms with van der Waals surface area (Å²) in [4.78, 5) is 15.9. The molecule has 1 heterocycles. The van der Waals surface area contributed by atoms with Crippen LogP contribution >= 0.6 is 11.3 Å². The van der Waals surface area contributed by atoms with Crippen LogP contribution in [0.4, 0.5) is 4.39 Å². The minimum Gasteiger partial charge on any atom is -0.325 e. The molecule has 2 aromatic rings. The number of nitrogens with zero attached hydrogens (tertiary/aromatic N) is 1. The Morgan fingerprint density at radius 1 is 1.44 bits per heavy atom. The van der Waals surface area contributed by atoms with Gasteiger partial charge in [-0.15, -0.1) is 11.3 Å². The van der Waals surface area contributed by atoms with E-state index in [9.17, 15) is 9.18 Å². The number of nitrogens with two attached hydrogens (primary N) is 1. The zero-order valence-corrected chi connectivity index (χ0v) is 9.13. The van der Waals surface area contributed by atoms with Crippen LogP contribution in [0.15, 0.2) is 29.6 Å². The zero-order valence-electron chi connectivity index (χ0n) is 8.31. The van der Waals surface area contributed by atoms with Crippen LogP contribution in [0.5, 0.6) is 0 Å². The number of rotatable bonds is 3. The molecule has 0 spiro atoms. The second-order valence-electron chi connectivity index (χ2n) is 3.14. The second kappa shape index (κ2) is 4.51. The van der Waals surface area contributed by atoms with E-state index in [-0.39, 0.29) is 17.8 Å². The second-order valence-corrected chi connectivity index (χ2v) is 4.08. The number of carbonyl (C=O) groups is 1. The number of benzene rings is 1. The Balaban J connectivity index is 2.35. The third kappa shape index (κ3) is 2.00. The molecule has 16 heavy (non-hydrogen) atoms. The Hall–Kier alpha value is -1.59. The SMILES string of the molecule is NCc1nc(C(=O)c2ccccc2F)cs1. The van der Waals surface area contributed by atoms with Crippen molar-refractivity contribution in [1.29, 1.82) is 0 Å². The van der Waals surface area contributed by atoms with Crippen LogP contribution in [-0.2, 0) is 6.54 Å². The molecule has 0 unspecified atom stereocenters. The van der Waals surface area contributed by atoms with Crippen LogP contribution < -0.4 is 5.73 Å². The summed E-state index contributed by atoms with van der Waals surface area (Å²) in [5.74, 6) is -0.941. The maximum atomic E-state index is 13.3. The number of carbonyl (C=O) groups excluding carboxylic acids is 1. The van der Waals surface area contributed by atoms with Crippen molar-refractivity contribution in [2.75, 3.05) is 0 Å². The van der Waals surface area contributed by atoms with Gasteiger partial charge in [-0.3, -0.25) is 4.79 Å². The molecule has 1 aromatic heterocycles. The highest BCUT2D eigenvalue weighted by Gasteiger charge is 2.15. The Kier molecular flexibility index (Phi) is 3.07. The maximum Gasteiger partial charge on any atom is 0.215 e. The molecule has 0 amide bonds. The summed E-state index contributed by atoms with van der Waals surface area (Å²) in [5, 5.41) is 2.26. The average Bonchev–Trinajstić information content (AvgIpc) is 2.77. The highest BCUT2D eigenvalue weighted by molar-refractivity contribution is 7.09. The van der Waals surface area contributed by atoms with E-state index in [1.54, 1.807) is 17.5 Å². The lowest BCUT2D eigenvalue weighted by Crippen LogP contribution is -2.05. The standard InChI is InChI=1S/C11H9FN2OS/c12-8-4-2-1-3-7(8)11(15)9-6-16-10(5-13)14-9/h1-4,6H,5,13H2. The number of hydrogen-bond acceptors (Lipinski definition) is 4. The van der Waals surface area contributed by atoms with Gasteiger partial charge < -0.3 is 5.73 Å². The fourth-order valence-electron chi connectivity index (χ4n) is 1.29. The molecule has 2 N–H and O–H groups in total. The zero-order chi connectivity index (χ0) is 11.5. The third-order valence-electron chi connectivity index (χ3n) is 2.08. The van der Waals surface area contributed by atoms with Gasteiger partial charge in [-0.05, 0) is 12.1 Å². The monoisotopic (exact) mass is 236 g/mol. The minimum absolute atomic E-state index is 0.0383. The Bertz CT molecular complexity index is 524. The van der Waals surface area contributed by atoms with Gasteiger partial charge in [0.2, 0.25) is 5.78 Å². The number of ketones is 1. The van der Waals surface area contributed by atoms with Gasteiger partial charge in [-0.2, -0.15) is 0 Å². The number of hydrogen-bond donors (Lipinski definition) is 1. The van der Waals surface area contributed by atoms with Crippen molar-refractivity contribution in [2.24, 2.45) is 5.73 Å². The first kappa shape index (κ1) is 10.9. The van der Waals surface area contributed by atoms with E-state index in [1.807, 2.05) is 0 Å². The summed E-state index contributed by atoms with van der Waals surface area (Å²) in [5.41, 5.74) is 5.68. The fraction of sp³-hybridized carbons (Fsp3) is 0.0909. The van der Waals surface area contributed by atoms with Crippen molar-refractivity contribution in [1.82, 2.24) is 4.98 Å². The Morgan fingerprint density at radius 3 is 2.81 bits per heavy atom. The molecule has 2 rings (SSSR count). The summed E-state index contributed by atoms with van der Waals surface area (Å²) >= 11 is 1.30. The topological polar surface area (TPSA) is 56.0 Å². The molecule has 1 aromatic carbocycles. The number of aromatic nitrogens is 1. The summed E-state index contributed by atoms with van der Waals surface area (Å²) in [6.45, 7) is 0.287. The van der Waals surface area contributed by atoms with Crippen LogP contribution in [0.2, 0.25) is 0 Å². The molecule has 3 nitrogen and oxygen atoms in total. The minimum atomic E-state index is -0.533. The molecule has 0 saturated carbocycles. The quantitative estimate of drug-likeness (QED) is 0.829. The van der Waals surface area contributed by atoms with Crippen LogP contribution in [0, 0.1) is 5.82 Å². The smallest absolute Gasteiger partial charge is 0.215 e. The Labute approximate surface area is 95.7 Å².